The number of ether oxygens (including phenoxy) is 1. The molecule has 0 heterocycles. The highest BCUT2D eigenvalue weighted by Crippen LogP contribution is 2.34. The first-order valence-corrected chi connectivity index (χ1v) is 12.5. The van der Waals surface area contributed by atoms with Gasteiger partial charge in [0.25, 0.3) is 0 Å². The van der Waals surface area contributed by atoms with Crippen LogP contribution in [0.15, 0.2) is 78.9 Å². The van der Waals surface area contributed by atoms with E-state index >= 15 is 0 Å². The number of carbonyl (C=O) groups excluding carboxylic acids is 1. The lowest BCUT2D eigenvalue weighted by Gasteiger charge is -2.25. The minimum absolute atomic E-state index is 0.0835. The van der Waals surface area contributed by atoms with Crippen molar-refractivity contribution in [3.05, 3.63) is 106 Å². The van der Waals surface area contributed by atoms with Gasteiger partial charge in [-0.25, -0.2) is 4.79 Å². The molecule has 1 unspecified atom stereocenters. The van der Waals surface area contributed by atoms with Crippen LogP contribution in [0.3, 0.4) is 0 Å². The quantitative estimate of drug-likeness (QED) is 0.161. The highest BCUT2D eigenvalue weighted by molar-refractivity contribution is 6.30. The maximum absolute atomic E-state index is 11.6. The van der Waals surface area contributed by atoms with Crippen LogP contribution in [0.2, 0.25) is 5.02 Å². The summed E-state index contributed by atoms with van der Waals surface area (Å²) in [5, 5.41) is 0.729. The number of rotatable bonds is 11. The monoisotopic (exact) mass is 475 g/mol. The van der Waals surface area contributed by atoms with Crippen molar-refractivity contribution >= 4 is 29.3 Å². The number of benzene rings is 3. The maximum atomic E-state index is 11.6. The molecule has 0 bridgehead atoms. The molecule has 3 rings (SSSR count). The highest BCUT2D eigenvalue weighted by Gasteiger charge is 2.17. The van der Waals surface area contributed by atoms with Gasteiger partial charge in [-0.2, -0.15) is 0 Å². The van der Waals surface area contributed by atoms with Crippen LogP contribution in [0.1, 0.15) is 61.8 Å². The summed E-state index contributed by atoms with van der Waals surface area (Å²) in [7, 11) is 0. The van der Waals surface area contributed by atoms with Gasteiger partial charge in [-0.05, 0) is 72.4 Å². The van der Waals surface area contributed by atoms with E-state index < -0.39 is 0 Å². The minimum Gasteiger partial charge on any atom is -0.463 e. The lowest BCUT2D eigenvalue weighted by atomic mass is 9.85. The predicted molar refractivity (Wildman–Crippen MR) is 144 cm³/mol. The van der Waals surface area contributed by atoms with E-state index in [1.54, 1.807) is 13.0 Å². The van der Waals surface area contributed by atoms with E-state index in [0.717, 1.165) is 36.5 Å². The second-order valence-corrected chi connectivity index (χ2v) is 8.75. The van der Waals surface area contributed by atoms with E-state index in [1.807, 2.05) is 24.3 Å². The van der Waals surface area contributed by atoms with Crippen molar-refractivity contribution in [3.8, 4) is 0 Å². The van der Waals surface area contributed by atoms with E-state index in [1.165, 1.54) is 28.5 Å². The largest absolute Gasteiger partial charge is 0.463 e. The van der Waals surface area contributed by atoms with Crippen molar-refractivity contribution in [2.24, 2.45) is 0 Å². The van der Waals surface area contributed by atoms with Gasteiger partial charge >= 0.3 is 5.97 Å². The third kappa shape index (κ3) is 6.98. The molecule has 0 saturated heterocycles. The fourth-order valence-electron chi connectivity index (χ4n) is 4.17. The summed E-state index contributed by atoms with van der Waals surface area (Å²) in [5.41, 5.74) is 5.82. The zero-order chi connectivity index (χ0) is 24.3. The van der Waals surface area contributed by atoms with Gasteiger partial charge in [0.05, 0.1) is 6.61 Å². The van der Waals surface area contributed by atoms with E-state index in [9.17, 15) is 4.79 Å². The van der Waals surface area contributed by atoms with Crippen molar-refractivity contribution in [2.45, 2.75) is 39.5 Å². The summed E-state index contributed by atoms with van der Waals surface area (Å²) in [5.74, 6) is -0.244. The predicted octanol–water partition coefficient (Wildman–Crippen LogP) is 7.72. The van der Waals surface area contributed by atoms with Crippen molar-refractivity contribution in [1.82, 2.24) is 0 Å². The molecule has 34 heavy (non-hydrogen) atoms. The SMILES string of the molecule is CCCN(CCC)c1ccc(C(c2ccc(Cl)cc2)c2ccc(/C=C/C(=O)OCC)cc2)cc1. The molecule has 3 aromatic rings. The third-order valence-corrected chi connectivity index (χ3v) is 6.00. The van der Waals surface area contributed by atoms with Gasteiger partial charge in [-0.15, -0.1) is 0 Å². The fraction of sp³-hybridized carbons (Fsp3) is 0.300. The van der Waals surface area contributed by atoms with E-state index in [4.69, 9.17) is 16.3 Å². The average molecular weight is 476 g/mol. The van der Waals surface area contributed by atoms with Crippen molar-refractivity contribution in [1.29, 1.82) is 0 Å². The fourth-order valence-corrected chi connectivity index (χ4v) is 4.30. The molecule has 178 valence electrons. The maximum Gasteiger partial charge on any atom is 0.330 e. The van der Waals surface area contributed by atoms with Crippen LogP contribution in [0.4, 0.5) is 5.69 Å². The molecular formula is C30H34ClNO2. The van der Waals surface area contributed by atoms with Gasteiger partial charge in [-0.1, -0.05) is 74.0 Å². The smallest absolute Gasteiger partial charge is 0.330 e. The van der Waals surface area contributed by atoms with E-state index in [-0.39, 0.29) is 11.9 Å². The van der Waals surface area contributed by atoms with Crippen LogP contribution in [0, 0.1) is 0 Å². The van der Waals surface area contributed by atoms with Gasteiger partial charge in [0.2, 0.25) is 0 Å². The molecule has 0 spiro atoms. The number of hydrogen-bond acceptors (Lipinski definition) is 3. The van der Waals surface area contributed by atoms with Crippen molar-refractivity contribution in [2.75, 3.05) is 24.6 Å². The summed E-state index contributed by atoms with van der Waals surface area (Å²) in [6.45, 7) is 8.74. The molecule has 3 nitrogen and oxygen atoms in total. The Balaban J connectivity index is 1.92. The van der Waals surface area contributed by atoms with Gasteiger partial charge in [-0.3, -0.25) is 0 Å². The van der Waals surface area contributed by atoms with Gasteiger partial charge < -0.3 is 9.64 Å². The Morgan fingerprint density at radius 3 is 1.82 bits per heavy atom. The van der Waals surface area contributed by atoms with E-state index in [2.05, 4.69) is 67.3 Å². The average Bonchev–Trinajstić information content (AvgIpc) is 2.85. The molecule has 0 fully saturated rings. The zero-order valence-corrected chi connectivity index (χ0v) is 21.1. The van der Waals surface area contributed by atoms with Crippen LogP contribution in [-0.4, -0.2) is 25.7 Å². The molecule has 0 amide bonds. The minimum atomic E-state index is -0.328. The van der Waals surface area contributed by atoms with Crippen LogP contribution in [0.25, 0.3) is 6.08 Å². The second-order valence-electron chi connectivity index (χ2n) is 8.32. The highest BCUT2D eigenvalue weighted by atomic mass is 35.5. The Labute approximate surface area is 209 Å². The first kappa shape index (κ1) is 25.6. The molecular weight excluding hydrogens is 442 g/mol. The molecule has 0 aliphatic rings. The van der Waals surface area contributed by atoms with Crippen LogP contribution >= 0.6 is 11.6 Å². The van der Waals surface area contributed by atoms with Gasteiger partial charge in [0.15, 0.2) is 0 Å². The van der Waals surface area contributed by atoms with E-state index in [0.29, 0.717) is 6.61 Å². The topological polar surface area (TPSA) is 29.5 Å². The van der Waals surface area contributed by atoms with Crippen molar-refractivity contribution < 1.29 is 9.53 Å². The number of hydrogen-bond donors (Lipinski definition) is 0. The Bertz CT molecular complexity index is 1050. The molecule has 0 aromatic heterocycles. The Hall–Kier alpha value is -3.04. The molecule has 3 aromatic carbocycles. The Kier molecular flexibility index (Phi) is 9.78. The molecule has 0 aliphatic heterocycles. The number of carbonyl (C=O) groups is 1. The molecule has 4 heteroatoms. The molecule has 1 atom stereocenters. The summed E-state index contributed by atoms with van der Waals surface area (Å²) in [4.78, 5) is 14.1. The summed E-state index contributed by atoms with van der Waals surface area (Å²) >= 11 is 6.18. The van der Waals surface area contributed by atoms with Crippen LogP contribution in [0.5, 0.6) is 0 Å². The van der Waals surface area contributed by atoms with Gasteiger partial charge in [0.1, 0.15) is 0 Å². The molecule has 0 saturated carbocycles. The number of esters is 1. The second kappa shape index (κ2) is 13.0. The zero-order valence-electron chi connectivity index (χ0n) is 20.3. The number of nitrogens with zero attached hydrogens (tertiary/aromatic N) is 1. The number of halogens is 1. The molecule has 0 aliphatic carbocycles. The van der Waals surface area contributed by atoms with Crippen molar-refractivity contribution in [3.63, 3.8) is 0 Å². The van der Waals surface area contributed by atoms with Gasteiger partial charge in [0, 0.05) is 35.8 Å². The molecule has 0 radical (unpaired) electrons. The first-order chi connectivity index (χ1) is 16.5. The normalized spacial score (nSPS) is 12.0. The number of anilines is 1. The summed E-state index contributed by atoms with van der Waals surface area (Å²) < 4.78 is 4.97. The van der Waals surface area contributed by atoms with Crippen LogP contribution in [-0.2, 0) is 9.53 Å². The lowest BCUT2D eigenvalue weighted by molar-refractivity contribution is -0.137. The third-order valence-electron chi connectivity index (χ3n) is 5.75. The summed E-state index contributed by atoms with van der Waals surface area (Å²) in [6, 6.07) is 25.3. The first-order valence-electron chi connectivity index (χ1n) is 12.1. The molecule has 0 N–H and O–H groups in total. The standard InChI is InChI=1S/C30H34ClNO2/c1-4-21-32(22-5-2)28-18-14-26(15-19-28)30(25-12-16-27(31)17-13-25)24-10-7-23(8-11-24)9-20-29(33)34-6-3/h7-20,30H,4-6,21-22H2,1-3H3/b20-9+. The lowest BCUT2D eigenvalue weighted by Crippen LogP contribution is -2.24. The van der Waals surface area contributed by atoms with Crippen LogP contribution < -0.4 is 4.90 Å². The Morgan fingerprint density at radius 1 is 0.824 bits per heavy atom. The Morgan fingerprint density at radius 2 is 1.32 bits per heavy atom. The summed E-state index contributed by atoms with van der Waals surface area (Å²) in [6.07, 6.45) is 5.51.